The van der Waals surface area contributed by atoms with Crippen molar-refractivity contribution in [1.82, 2.24) is 14.6 Å². The molecule has 2 N–H and O–H groups in total. The zero-order chi connectivity index (χ0) is 17.9. The first-order chi connectivity index (χ1) is 12.7. The first-order valence-corrected chi connectivity index (χ1v) is 9.06. The fraction of sp³-hybridized carbons (Fsp3) is 0.105. The number of hydrogen-bond acceptors (Lipinski definition) is 5. The van der Waals surface area contributed by atoms with Crippen molar-refractivity contribution < 1.29 is 4.79 Å². The molecule has 0 unspecified atom stereocenters. The summed E-state index contributed by atoms with van der Waals surface area (Å²) in [7, 11) is 0. The molecule has 0 aliphatic heterocycles. The molecule has 1 amide bonds. The Morgan fingerprint density at radius 2 is 2.12 bits per heavy atom. The first kappa shape index (κ1) is 16.3. The molecular weight excluding hydrogens is 346 g/mol. The van der Waals surface area contributed by atoms with E-state index < -0.39 is 0 Å². The molecule has 3 aromatic heterocycles. The van der Waals surface area contributed by atoms with Gasteiger partial charge in [0.2, 0.25) is 5.91 Å². The number of rotatable bonds is 5. The van der Waals surface area contributed by atoms with Gasteiger partial charge in [0.05, 0.1) is 18.4 Å². The molecule has 0 radical (unpaired) electrons. The number of benzene rings is 1. The molecule has 130 valence electrons. The van der Waals surface area contributed by atoms with Crippen LogP contribution in [0.3, 0.4) is 0 Å². The van der Waals surface area contributed by atoms with Gasteiger partial charge in [0, 0.05) is 23.1 Å². The van der Waals surface area contributed by atoms with Gasteiger partial charge < -0.3 is 10.6 Å². The van der Waals surface area contributed by atoms with E-state index in [1.165, 1.54) is 11.8 Å². The van der Waals surface area contributed by atoms with Gasteiger partial charge in [-0.15, -0.1) is 16.4 Å². The predicted molar refractivity (Wildman–Crippen MR) is 104 cm³/mol. The van der Waals surface area contributed by atoms with Gasteiger partial charge in [-0.05, 0) is 35.7 Å². The number of nitrogens with one attached hydrogen (secondary N) is 2. The van der Waals surface area contributed by atoms with Gasteiger partial charge in [-0.1, -0.05) is 18.2 Å². The maximum absolute atomic E-state index is 11.3. The van der Waals surface area contributed by atoms with Crippen molar-refractivity contribution in [2.75, 3.05) is 10.6 Å². The van der Waals surface area contributed by atoms with Crippen LogP contribution in [0, 0.1) is 0 Å². The molecule has 0 saturated heterocycles. The summed E-state index contributed by atoms with van der Waals surface area (Å²) in [4.78, 5) is 17.0. The molecule has 0 bridgehead atoms. The Labute approximate surface area is 154 Å². The molecule has 7 heteroatoms. The molecule has 3 heterocycles. The average Bonchev–Trinajstić information content (AvgIpc) is 3.29. The second-order valence-electron chi connectivity index (χ2n) is 5.83. The van der Waals surface area contributed by atoms with Crippen molar-refractivity contribution in [1.29, 1.82) is 0 Å². The summed E-state index contributed by atoms with van der Waals surface area (Å²) in [5, 5.41) is 12.9. The number of carbonyl (C=O) groups excluding carboxylic acids is 1. The van der Waals surface area contributed by atoms with Crippen LogP contribution in [-0.2, 0) is 11.3 Å². The van der Waals surface area contributed by atoms with E-state index in [0.29, 0.717) is 0 Å². The molecule has 0 aliphatic carbocycles. The highest BCUT2D eigenvalue weighted by Gasteiger charge is 2.09. The van der Waals surface area contributed by atoms with Crippen LogP contribution < -0.4 is 10.6 Å². The van der Waals surface area contributed by atoms with Gasteiger partial charge in [-0.3, -0.25) is 4.79 Å². The number of thiophene rings is 1. The van der Waals surface area contributed by atoms with E-state index in [0.717, 1.165) is 35.0 Å². The summed E-state index contributed by atoms with van der Waals surface area (Å²) in [6, 6.07) is 15.6. The van der Waals surface area contributed by atoms with E-state index in [9.17, 15) is 4.79 Å². The van der Waals surface area contributed by atoms with Gasteiger partial charge in [0.25, 0.3) is 0 Å². The molecule has 1 aromatic carbocycles. The Bertz CT molecular complexity index is 1050. The van der Waals surface area contributed by atoms with Gasteiger partial charge in [0.15, 0.2) is 5.65 Å². The van der Waals surface area contributed by atoms with Crippen LogP contribution in [0.5, 0.6) is 0 Å². The van der Waals surface area contributed by atoms with Crippen LogP contribution in [0.25, 0.3) is 16.9 Å². The van der Waals surface area contributed by atoms with Crippen LogP contribution in [0.4, 0.5) is 11.5 Å². The van der Waals surface area contributed by atoms with E-state index in [1.54, 1.807) is 17.5 Å². The van der Waals surface area contributed by atoms with Crippen LogP contribution in [0.15, 0.2) is 60.1 Å². The highest BCUT2D eigenvalue weighted by Crippen LogP contribution is 2.24. The Morgan fingerprint density at radius 1 is 1.19 bits per heavy atom. The normalized spacial score (nSPS) is 10.8. The molecule has 6 nitrogen and oxygen atoms in total. The number of carbonyl (C=O) groups is 1. The monoisotopic (exact) mass is 363 g/mol. The molecule has 26 heavy (non-hydrogen) atoms. The number of hydrogen-bond donors (Lipinski definition) is 2. The van der Waals surface area contributed by atoms with Gasteiger partial charge in [0.1, 0.15) is 5.82 Å². The van der Waals surface area contributed by atoms with E-state index >= 15 is 0 Å². The van der Waals surface area contributed by atoms with Gasteiger partial charge >= 0.3 is 0 Å². The molecule has 4 aromatic rings. The predicted octanol–water partition coefficient (Wildman–Crippen LogP) is 4.03. The lowest BCUT2D eigenvalue weighted by molar-refractivity contribution is -0.114. The van der Waals surface area contributed by atoms with E-state index in [1.807, 2.05) is 47.0 Å². The van der Waals surface area contributed by atoms with Crippen molar-refractivity contribution in [3.8, 4) is 11.3 Å². The molecule has 0 atom stereocenters. The minimum atomic E-state index is -0.0986. The average molecular weight is 363 g/mol. The quantitative estimate of drug-likeness (QED) is 0.562. The summed E-state index contributed by atoms with van der Waals surface area (Å²) in [5.74, 6) is 0.682. The van der Waals surface area contributed by atoms with Crippen LogP contribution >= 0.6 is 11.3 Å². The second kappa shape index (κ2) is 6.97. The number of aromatic nitrogens is 3. The maximum atomic E-state index is 11.3. The summed E-state index contributed by atoms with van der Waals surface area (Å²) < 4.78 is 1.81. The number of imidazole rings is 1. The summed E-state index contributed by atoms with van der Waals surface area (Å²) >= 11 is 1.71. The van der Waals surface area contributed by atoms with E-state index in [4.69, 9.17) is 0 Å². The summed E-state index contributed by atoms with van der Waals surface area (Å²) in [6.07, 6.45) is 1.79. The summed E-state index contributed by atoms with van der Waals surface area (Å²) in [5.41, 5.74) is 3.32. The van der Waals surface area contributed by atoms with Crippen LogP contribution in [-0.4, -0.2) is 20.5 Å². The Hall–Kier alpha value is -3.19. The number of amides is 1. The third kappa shape index (κ3) is 3.43. The van der Waals surface area contributed by atoms with E-state index in [2.05, 4.69) is 32.2 Å². The molecule has 4 rings (SSSR count). The minimum Gasteiger partial charge on any atom is -0.364 e. The number of nitrogens with zero attached hydrogens (tertiary/aromatic N) is 3. The standard InChI is InChI=1S/C19H17N5OS/c1-13(25)22-15-5-2-4-14(10-15)17-12-21-19-8-7-18(23-24(17)19)20-11-16-6-3-9-26-16/h2-10,12H,11H2,1H3,(H,20,23)(H,22,25). The second-order valence-corrected chi connectivity index (χ2v) is 6.86. The van der Waals surface area contributed by atoms with Crippen molar-refractivity contribution in [3.63, 3.8) is 0 Å². The molecule has 0 saturated carbocycles. The van der Waals surface area contributed by atoms with Crippen molar-refractivity contribution in [3.05, 3.63) is 65.0 Å². The van der Waals surface area contributed by atoms with Crippen molar-refractivity contribution >= 4 is 34.4 Å². The largest absolute Gasteiger partial charge is 0.364 e. The third-order valence-corrected chi connectivity index (χ3v) is 4.74. The number of fused-ring (bicyclic) bond motifs is 1. The highest BCUT2D eigenvalue weighted by molar-refractivity contribution is 7.09. The fourth-order valence-corrected chi connectivity index (χ4v) is 3.36. The van der Waals surface area contributed by atoms with Gasteiger partial charge in [-0.2, -0.15) is 0 Å². The van der Waals surface area contributed by atoms with Crippen LogP contribution in [0.1, 0.15) is 11.8 Å². The Kier molecular flexibility index (Phi) is 4.37. The molecule has 0 spiro atoms. The smallest absolute Gasteiger partial charge is 0.221 e. The topological polar surface area (TPSA) is 71.3 Å². The van der Waals surface area contributed by atoms with E-state index in [-0.39, 0.29) is 5.91 Å². The van der Waals surface area contributed by atoms with Crippen LogP contribution in [0.2, 0.25) is 0 Å². The first-order valence-electron chi connectivity index (χ1n) is 8.18. The fourth-order valence-electron chi connectivity index (χ4n) is 2.71. The zero-order valence-electron chi connectivity index (χ0n) is 14.1. The SMILES string of the molecule is CC(=O)Nc1cccc(-c2cnc3ccc(NCc4cccs4)nn23)c1. The highest BCUT2D eigenvalue weighted by atomic mass is 32.1. The van der Waals surface area contributed by atoms with Crippen molar-refractivity contribution in [2.45, 2.75) is 13.5 Å². The minimum absolute atomic E-state index is 0.0986. The lowest BCUT2D eigenvalue weighted by Crippen LogP contribution is -2.06. The van der Waals surface area contributed by atoms with Gasteiger partial charge in [-0.25, -0.2) is 9.50 Å². The molecule has 0 fully saturated rings. The molecule has 0 aliphatic rings. The Morgan fingerprint density at radius 3 is 2.92 bits per heavy atom. The molecular formula is C19H17N5OS. The third-order valence-electron chi connectivity index (χ3n) is 3.86. The lowest BCUT2D eigenvalue weighted by Gasteiger charge is -2.07. The maximum Gasteiger partial charge on any atom is 0.221 e. The zero-order valence-corrected chi connectivity index (χ0v) is 15.0. The number of anilines is 2. The summed E-state index contributed by atoms with van der Waals surface area (Å²) in [6.45, 7) is 2.23. The van der Waals surface area contributed by atoms with Crippen molar-refractivity contribution in [2.24, 2.45) is 0 Å². The Balaban J connectivity index is 1.65. The lowest BCUT2D eigenvalue weighted by atomic mass is 10.1.